The van der Waals surface area contributed by atoms with Crippen LogP contribution in [0.15, 0.2) is 67.0 Å². The molecular formula is C23H25F2N5. The monoisotopic (exact) mass is 409 g/mol. The Morgan fingerprint density at radius 2 is 1.80 bits per heavy atom. The van der Waals surface area contributed by atoms with Gasteiger partial charge in [-0.05, 0) is 41.1 Å². The van der Waals surface area contributed by atoms with Crippen molar-refractivity contribution >= 4 is 28.0 Å². The molecule has 5 N–H and O–H groups in total. The number of nitrogens with zero attached hydrogens (tertiary/aromatic N) is 2. The average molecular weight is 409 g/mol. The van der Waals surface area contributed by atoms with Crippen LogP contribution in [0.1, 0.15) is 23.6 Å². The minimum absolute atomic E-state index is 0.245. The Hall–Kier alpha value is -3.45. The second kappa shape index (κ2) is 9.37. The zero-order chi connectivity index (χ0) is 21.7. The third-order valence-electron chi connectivity index (χ3n) is 4.60. The van der Waals surface area contributed by atoms with E-state index in [1.54, 1.807) is 31.6 Å². The first-order valence-electron chi connectivity index (χ1n) is 9.51. The summed E-state index contributed by atoms with van der Waals surface area (Å²) >= 11 is 0. The lowest BCUT2D eigenvalue weighted by Crippen LogP contribution is -2.20. The standard InChI is InChI=1S/C23H25F2N5/c1-3-21(16-6-4-15(5-7-16)10-22(24)25)29-23-12-19-11-17(20(26)14-30(2)27)8-9-18(19)13-28-23/h3-9,11-14,22H,10,26-27H2,1-2H3,(H,28,29)/b20-14-,21-3?. The number of hydrogen-bond acceptors (Lipinski definition) is 5. The summed E-state index contributed by atoms with van der Waals surface area (Å²) in [6.45, 7) is 1.91. The molecule has 3 rings (SSSR count). The van der Waals surface area contributed by atoms with Crippen LogP contribution in [-0.2, 0) is 6.42 Å². The Bertz CT molecular complexity index is 1070. The number of hydrazine groups is 1. The predicted molar refractivity (Wildman–Crippen MR) is 119 cm³/mol. The Morgan fingerprint density at radius 1 is 1.10 bits per heavy atom. The number of fused-ring (bicyclic) bond motifs is 1. The molecule has 0 fully saturated rings. The van der Waals surface area contributed by atoms with Crippen LogP contribution in [0.3, 0.4) is 0 Å². The molecule has 0 aliphatic rings. The molecule has 3 aromatic rings. The van der Waals surface area contributed by atoms with E-state index in [0.29, 0.717) is 17.1 Å². The van der Waals surface area contributed by atoms with Gasteiger partial charge in [-0.1, -0.05) is 42.5 Å². The number of alkyl halides is 2. The van der Waals surface area contributed by atoms with Crippen LogP contribution in [-0.4, -0.2) is 23.5 Å². The molecule has 0 amide bonds. The second-order valence-electron chi connectivity index (χ2n) is 7.00. The van der Waals surface area contributed by atoms with E-state index in [4.69, 9.17) is 11.6 Å². The number of pyridine rings is 1. The molecule has 156 valence electrons. The lowest BCUT2D eigenvalue weighted by Gasteiger charge is -2.13. The van der Waals surface area contributed by atoms with Gasteiger partial charge < -0.3 is 16.1 Å². The number of aromatic nitrogens is 1. The fourth-order valence-electron chi connectivity index (χ4n) is 3.13. The fourth-order valence-corrected chi connectivity index (χ4v) is 3.13. The Labute approximate surface area is 174 Å². The van der Waals surface area contributed by atoms with Gasteiger partial charge in [-0.3, -0.25) is 0 Å². The highest BCUT2D eigenvalue weighted by molar-refractivity contribution is 5.88. The number of nitrogens with two attached hydrogens (primary N) is 2. The summed E-state index contributed by atoms with van der Waals surface area (Å²) in [5, 5.41) is 6.67. The molecule has 0 aliphatic heterocycles. The molecule has 1 heterocycles. The summed E-state index contributed by atoms with van der Waals surface area (Å²) < 4.78 is 25.1. The first kappa shape index (κ1) is 21.3. The van der Waals surface area contributed by atoms with Crippen LogP contribution < -0.4 is 16.9 Å². The van der Waals surface area contributed by atoms with Gasteiger partial charge in [0, 0.05) is 36.9 Å². The number of nitrogens with one attached hydrogen (secondary N) is 1. The van der Waals surface area contributed by atoms with Crippen molar-refractivity contribution < 1.29 is 8.78 Å². The topological polar surface area (TPSA) is 80.2 Å². The molecule has 0 saturated heterocycles. The smallest absolute Gasteiger partial charge is 0.242 e. The lowest BCUT2D eigenvalue weighted by molar-refractivity contribution is 0.149. The van der Waals surface area contributed by atoms with E-state index in [-0.39, 0.29) is 6.42 Å². The van der Waals surface area contributed by atoms with Crippen molar-refractivity contribution in [2.45, 2.75) is 19.8 Å². The van der Waals surface area contributed by atoms with Gasteiger partial charge in [0.15, 0.2) is 0 Å². The summed E-state index contributed by atoms with van der Waals surface area (Å²) in [5.74, 6) is 6.31. The largest absolute Gasteiger partial charge is 0.397 e. The molecule has 30 heavy (non-hydrogen) atoms. The van der Waals surface area contributed by atoms with Crippen molar-refractivity contribution in [1.82, 2.24) is 9.99 Å². The average Bonchev–Trinajstić information content (AvgIpc) is 2.71. The van der Waals surface area contributed by atoms with E-state index in [1.165, 1.54) is 5.01 Å². The number of halogens is 2. The van der Waals surface area contributed by atoms with Crippen molar-refractivity contribution in [2.75, 3.05) is 12.4 Å². The van der Waals surface area contributed by atoms with Crippen LogP contribution in [0.4, 0.5) is 14.6 Å². The minimum Gasteiger partial charge on any atom is -0.397 e. The van der Waals surface area contributed by atoms with Crippen molar-refractivity contribution in [1.29, 1.82) is 0 Å². The van der Waals surface area contributed by atoms with Crippen LogP contribution in [0.2, 0.25) is 0 Å². The van der Waals surface area contributed by atoms with E-state index in [9.17, 15) is 8.78 Å². The molecule has 0 bridgehead atoms. The molecule has 0 spiro atoms. The van der Waals surface area contributed by atoms with Gasteiger partial charge in [0.05, 0.1) is 5.70 Å². The molecular weight excluding hydrogens is 384 g/mol. The Balaban J connectivity index is 1.84. The van der Waals surface area contributed by atoms with Crippen LogP contribution in [0.5, 0.6) is 0 Å². The third kappa shape index (κ3) is 5.33. The van der Waals surface area contributed by atoms with Gasteiger partial charge in [-0.25, -0.2) is 19.6 Å². The highest BCUT2D eigenvalue weighted by Gasteiger charge is 2.08. The summed E-state index contributed by atoms with van der Waals surface area (Å²) in [6.07, 6.45) is 2.76. The zero-order valence-corrected chi connectivity index (χ0v) is 16.9. The summed E-state index contributed by atoms with van der Waals surface area (Å²) in [4.78, 5) is 4.47. The zero-order valence-electron chi connectivity index (χ0n) is 16.9. The van der Waals surface area contributed by atoms with Gasteiger partial charge in [0.1, 0.15) is 5.82 Å². The molecule has 7 heteroatoms. The van der Waals surface area contributed by atoms with Gasteiger partial charge >= 0.3 is 0 Å². The molecule has 5 nitrogen and oxygen atoms in total. The molecule has 0 unspecified atom stereocenters. The molecule has 1 aromatic heterocycles. The van der Waals surface area contributed by atoms with E-state index in [2.05, 4.69) is 10.3 Å². The normalized spacial score (nSPS) is 12.5. The first-order chi connectivity index (χ1) is 14.4. The number of allylic oxidation sites excluding steroid dienone is 1. The van der Waals surface area contributed by atoms with Crippen LogP contribution in [0.25, 0.3) is 22.2 Å². The van der Waals surface area contributed by atoms with Crippen molar-refractivity contribution in [2.24, 2.45) is 11.6 Å². The first-order valence-corrected chi connectivity index (χ1v) is 9.51. The third-order valence-corrected chi connectivity index (χ3v) is 4.60. The van der Waals surface area contributed by atoms with Gasteiger partial charge in [0.25, 0.3) is 0 Å². The highest BCUT2D eigenvalue weighted by atomic mass is 19.3. The molecule has 0 atom stereocenters. The molecule has 0 saturated carbocycles. The molecule has 0 aliphatic carbocycles. The number of benzene rings is 2. The highest BCUT2D eigenvalue weighted by Crippen LogP contribution is 2.24. The SMILES string of the molecule is CC=C(Nc1cc2cc(/C(N)=C/N(C)N)ccc2cn1)c1ccc(CC(F)F)cc1. The van der Waals surface area contributed by atoms with Crippen molar-refractivity contribution in [3.05, 3.63) is 83.7 Å². The second-order valence-corrected chi connectivity index (χ2v) is 7.00. The lowest BCUT2D eigenvalue weighted by atomic mass is 10.1. The van der Waals surface area contributed by atoms with E-state index >= 15 is 0 Å². The summed E-state index contributed by atoms with van der Waals surface area (Å²) in [6, 6.07) is 14.9. The minimum atomic E-state index is -2.35. The van der Waals surface area contributed by atoms with E-state index in [0.717, 1.165) is 27.6 Å². The Morgan fingerprint density at radius 3 is 2.43 bits per heavy atom. The number of anilines is 1. The Kier molecular flexibility index (Phi) is 6.64. The fraction of sp³-hybridized carbons (Fsp3) is 0.174. The maximum Gasteiger partial charge on any atom is 0.242 e. The molecule has 2 aromatic carbocycles. The van der Waals surface area contributed by atoms with Gasteiger partial charge in [0.2, 0.25) is 6.43 Å². The van der Waals surface area contributed by atoms with Gasteiger partial charge in [-0.2, -0.15) is 0 Å². The number of hydrogen-bond donors (Lipinski definition) is 3. The van der Waals surface area contributed by atoms with E-state index in [1.807, 2.05) is 49.4 Å². The van der Waals surface area contributed by atoms with Crippen molar-refractivity contribution in [3.63, 3.8) is 0 Å². The summed E-state index contributed by atoms with van der Waals surface area (Å²) in [7, 11) is 1.71. The number of rotatable bonds is 7. The van der Waals surface area contributed by atoms with Crippen LogP contribution in [0, 0.1) is 0 Å². The van der Waals surface area contributed by atoms with Gasteiger partial charge in [-0.15, -0.1) is 0 Å². The van der Waals surface area contributed by atoms with E-state index < -0.39 is 6.43 Å². The predicted octanol–water partition coefficient (Wildman–Crippen LogP) is 4.58. The van der Waals surface area contributed by atoms with Crippen LogP contribution >= 0.6 is 0 Å². The van der Waals surface area contributed by atoms with Crippen molar-refractivity contribution in [3.8, 4) is 0 Å². The maximum atomic E-state index is 12.5. The molecule has 0 radical (unpaired) electrons. The maximum absolute atomic E-state index is 12.5. The quantitative estimate of drug-likeness (QED) is 0.393. The summed E-state index contributed by atoms with van der Waals surface area (Å²) in [5.41, 5.74) is 9.86.